The summed E-state index contributed by atoms with van der Waals surface area (Å²) in [6, 6.07) is -1.50. The van der Waals surface area contributed by atoms with Crippen molar-refractivity contribution < 1.29 is 34.5 Å². The van der Waals surface area contributed by atoms with Crippen LogP contribution in [0.4, 0.5) is 0 Å². The highest BCUT2D eigenvalue weighted by atomic mass is 16.4. The van der Waals surface area contributed by atoms with E-state index in [-0.39, 0.29) is 18.9 Å². The lowest BCUT2D eigenvalue weighted by molar-refractivity contribution is -0.144. The molecule has 1 rings (SSSR count). The third-order valence-corrected chi connectivity index (χ3v) is 5.43. The van der Waals surface area contributed by atoms with E-state index in [9.17, 15) is 34.5 Å². The van der Waals surface area contributed by atoms with E-state index in [1.165, 1.54) is 6.92 Å². The van der Waals surface area contributed by atoms with Gasteiger partial charge < -0.3 is 15.3 Å². The van der Waals surface area contributed by atoms with Crippen molar-refractivity contribution in [2.45, 2.75) is 32.9 Å². The van der Waals surface area contributed by atoms with Gasteiger partial charge in [0.1, 0.15) is 17.9 Å². The highest BCUT2D eigenvalue weighted by Gasteiger charge is 2.26. The van der Waals surface area contributed by atoms with Gasteiger partial charge in [-0.05, 0) is 20.8 Å². The molecule has 11 nitrogen and oxygen atoms in total. The second-order valence-electron chi connectivity index (χ2n) is 7.75. The molecule has 1 aliphatic rings. The van der Waals surface area contributed by atoms with Crippen LogP contribution in [0.5, 0.6) is 0 Å². The normalized spacial score (nSPS) is 21.2. The molecule has 2 unspecified atom stereocenters. The summed E-state index contributed by atoms with van der Waals surface area (Å²) in [6.07, 6.45) is 0. The van der Waals surface area contributed by atoms with E-state index in [4.69, 9.17) is 0 Å². The lowest BCUT2D eigenvalue weighted by atomic mass is 10.2. The predicted molar refractivity (Wildman–Crippen MR) is 109 cm³/mol. The maximum absolute atomic E-state index is 11.7. The van der Waals surface area contributed by atoms with E-state index in [1.54, 1.807) is 28.5 Å². The molecule has 0 radical (unpaired) electrons. The average Bonchev–Trinajstić information content (AvgIpc) is 2.64. The van der Waals surface area contributed by atoms with Crippen LogP contribution in [0, 0.1) is 0 Å². The molecule has 1 aliphatic heterocycles. The third-order valence-electron chi connectivity index (χ3n) is 5.43. The summed E-state index contributed by atoms with van der Waals surface area (Å²) in [4.78, 5) is 53.0. The maximum atomic E-state index is 11.7. The zero-order valence-corrected chi connectivity index (χ0v) is 18.0. The Morgan fingerprint density at radius 2 is 1.00 bits per heavy atom. The summed E-state index contributed by atoms with van der Waals surface area (Å²) in [7, 11) is 0. The molecule has 0 aromatic heterocycles. The van der Waals surface area contributed by atoms with E-state index in [2.05, 4.69) is 0 Å². The minimum atomic E-state index is -0.995. The van der Waals surface area contributed by atoms with Gasteiger partial charge in [0, 0.05) is 52.4 Å². The van der Waals surface area contributed by atoms with Crippen LogP contribution in [0.3, 0.4) is 0 Å². The van der Waals surface area contributed by atoms with E-state index in [1.807, 2.05) is 4.90 Å². The molecule has 0 spiro atoms. The van der Waals surface area contributed by atoms with Crippen LogP contribution in [-0.4, -0.2) is 136 Å². The minimum absolute atomic E-state index is 0.0228. The number of carboxylic acids is 3. The van der Waals surface area contributed by atoms with Crippen molar-refractivity contribution in [2.24, 2.45) is 0 Å². The molecule has 0 bridgehead atoms. The Kier molecular flexibility index (Phi) is 10.9. The largest absolute Gasteiger partial charge is 0.480 e. The first-order chi connectivity index (χ1) is 14.0. The molecule has 1 fully saturated rings. The molecule has 30 heavy (non-hydrogen) atoms. The molecule has 2 atom stereocenters. The fourth-order valence-electron chi connectivity index (χ4n) is 3.44. The molecule has 0 aromatic carbocycles. The first-order valence-electron chi connectivity index (χ1n) is 10.1. The molecular weight excluding hydrogens is 396 g/mol. The number of rotatable bonds is 8. The molecule has 0 amide bonds. The van der Waals surface area contributed by atoms with Crippen LogP contribution in [0.1, 0.15) is 20.8 Å². The number of carbonyl (C=O) groups excluding carboxylic acids is 1. The zero-order chi connectivity index (χ0) is 22.8. The van der Waals surface area contributed by atoms with Crippen LogP contribution in [0.2, 0.25) is 0 Å². The Morgan fingerprint density at radius 3 is 1.27 bits per heavy atom. The second kappa shape index (κ2) is 12.6. The van der Waals surface area contributed by atoms with Gasteiger partial charge in [0.15, 0.2) is 0 Å². The zero-order valence-electron chi connectivity index (χ0n) is 18.0. The van der Waals surface area contributed by atoms with Gasteiger partial charge in [0.25, 0.3) is 0 Å². The third kappa shape index (κ3) is 9.16. The van der Waals surface area contributed by atoms with Crippen LogP contribution >= 0.6 is 0 Å². The highest BCUT2D eigenvalue weighted by molar-refractivity contribution is 5.77. The molecule has 3 N–H and O–H groups in total. The number of nitrogens with zero attached hydrogens (tertiary/aromatic N) is 4. The first-order valence-corrected chi connectivity index (χ1v) is 10.1. The van der Waals surface area contributed by atoms with Gasteiger partial charge in [-0.1, -0.05) is 0 Å². The minimum Gasteiger partial charge on any atom is -0.480 e. The van der Waals surface area contributed by atoms with Crippen LogP contribution in [0.25, 0.3) is 0 Å². The van der Waals surface area contributed by atoms with Crippen LogP contribution in [-0.2, 0) is 19.2 Å². The van der Waals surface area contributed by atoms with Crippen molar-refractivity contribution in [1.82, 2.24) is 19.6 Å². The SMILES string of the molecule is CC(=O)CN1CCN(C(C)C(=O)O)CCN(CC(=O)O)CCN(C(C)C(=O)O)CC1. The molecular formula is C19H34N4O7. The molecule has 1 saturated heterocycles. The fourth-order valence-corrected chi connectivity index (χ4v) is 3.44. The summed E-state index contributed by atoms with van der Waals surface area (Å²) in [5.74, 6) is -2.95. The van der Waals surface area contributed by atoms with Gasteiger partial charge in [-0.15, -0.1) is 0 Å². The highest BCUT2D eigenvalue weighted by Crippen LogP contribution is 2.07. The fraction of sp³-hybridized carbons (Fsp3) is 0.789. The van der Waals surface area contributed by atoms with Crippen molar-refractivity contribution in [3.8, 4) is 0 Å². The monoisotopic (exact) mass is 430 g/mol. The Bertz CT molecular complexity index is 548. The van der Waals surface area contributed by atoms with Crippen molar-refractivity contribution in [1.29, 1.82) is 0 Å². The summed E-state index contributed by atoms with van der Waals surface area (Å²) >= 11 is 0. The molecule has 172 valence electrons. The van der Waals surface area contributed by atoms with Gasteiger partial charge in [-0.3, -0.25) is 38.8 Å². The van der Waals surface area contributed by atoms with Crippen molar-refractivity contribution in [3.05, 3.63) is 0 Å². The van der Waals surface area contributed by atoms with Gasteiger partial charge in [-0.25, -0.2) is 0 Å². The maximum Gasteiger partial charge on any atom is 0.320 e. The van der Waals surface area contributed by atoms with E-state index >= 15 is 0 Å². The lowest BCUT2D eigenvalue weighted by Crippen LogP contribution is -2.52. The van der Waals surface area contributed by atoms with Crippen LogP contribution < -0.4 is 0 Å². The number of Topliss-reactive ketones (excluding diaryl/α,β-unsaturated/α-hetero) is 1. The summed E-state index contributed by atoms with van der Waals surface area (Å²) < 4.78 is 0. The Balaban J connectivity index is 3.06. The molecule has 1 heterocycles. The second-order valence-corrected chi connectivity index (χ2v) is 7.75. The standard InChI is InChI=1S/C19H34N4O7/c1-14(24)12-20-4-8-22(15(2)18(27)28)10-6-21(13-17(25)26)7-11-23(9-5-20)16(3)19(29)30/h15-16H,4-13H2,1-3H3,(H,25,26)(H,27,28)(H,29,30). The summed E-state index contributed by atoms with van der Waals surface area (Å²) in [5, 5.41) is 28.0. The van der Waals surface area contributed by atoms with Crippen molar-refractivity contribution >= 4 is 23.7 Å². The number of ketones is 1. The molecule has 0 aromatic rings. The Morgan fingerprint density at radius 1 is 0.667 bits per heavy atom. The quantitative estimate of drug-likeness (QED) is 0.429. The molecule has 0 saturated carbocycles. The Hall–Kier alpha value is -2.08. The lowest BCUT2D eigenvalue weighted by Gasteiger charge is -2.35. The van der Waals surface area contributed by atoms with Crippen molar-refractivity contribution in [2.75, 3.05) is 65.4 Å². The number of hydrogen-bond acceptors (Lipinski definition) is 8. The van der Waals surface area contributed by atoms with E-state index < -0.39 is 30.0 Å². The smallest absolute Gasteiger partial charge is 0.320 e. The Labute approximate surface area is 176 Å². The predicted octanol–water partition coefficient (Wildman–Crippen LogP) is -1.17. The number of hydrogen-bond donors (Lipinski definition) is 3. The van der Waals surface area contributed by atoms with Gasteiger partial charge >= 0.3 is 17.9 Å². The average molecular weight is 431 g/mol. The number of carboxylic acid groups (broad SMARTS) is 3. The summed E-state index contributed by atoms with van der Waals surface area (Å²) in [5.41, 5.74) is 0. The van der Waals surface area contributed by atoms with Gasteiger partial charge in [0.2, 0.25) is 0 Å². The summed E-state index contributed by atoms with van der Waals surface area (Å²) in [6.45, 7) is 7.72. The van der Waals surface area contributed by atoms with Gasteiger partial charge in [-0.2, -0.15) is 0 Å². The van der Waals surface area contributed by atoms with Crippen LogP contribution in [0.15, 0.2) is 0 Å². The topological polar surface area (TPSA) is 142 Å². The van der Waals surface area contributed by atoms with E-state index in [0.29, 0.717) is 52.4 Å². The van der Waals surface area contributed by atoms with Gasteiger partial charge in [0.05, 0.1) is 13.1 Å². The van der Waals surface area contributed by atoms with Crippen molar-refractivity contribution in [3.63, 3.8) is 0 Å². The molecule has 11 heteroatoms. The number of aliphatic carboxylic acids is 3. The molecule has 0 aliphatic carbocycles. The first kappa shape index (κ1) is 26.0. The van der Waals surface area contributed by atoms with E-state index in [0.717, 1.165) is 0 Å². The number of carbonyl (C=O) groups is 4.